The molecule has 0 N–H and O–H groups in total. The largest absolute Gasteiger partial charge is 0.345 e. The number of carbonyl (C=O) groups is 2. The maximum absolute atomic E-state index is 12.2. The first kappa shape index (κ1) is 11.2. The number of amides is 2. The Balaban J connectivity index is 2.13. The Morgan fingerprint density at radius 2 is 2.19 bits per heavy atom. The molecular weight excluding hydrogens is 204 g/mol. The van der Waals surface area contributed by atoms with E-state index in [9.17, 15) is 9.59 Å². The second-order valence-corrected chi connectivity index (χ2v) is 4.82. The molecule has 0 aromatic heterocycles. The summed E-state index contributed by atoms with van der Waals surface area (Å²) in [6, 6.07) is 0. The number of carbonyl (C=O) groups excluding carboxylic acids is 2. The molecule has 0 saturated carbocycles. The van der Waals surface area contributed by atoms with Gasteiger partial charge in [-0.05, 0) is 25.3 Å². The average Bonchev–Trinajstić information content (AvgIpc) is 2.70. The minimum absolute atomic E-state index is 0.0575. The number of nitrogens with zero attached hydrogens (tertiary/aromatic N) is 2. The summed E-state index contributed by atoms with van der Waals surface area (Å²) in [6.45, 7) is 5.58. The van der Waals surface area contributed by atoms with Crippen molar-refractivity contribution in [2.75, 3.05) is 26.7 Å². The van der Waals surface area contributed by atoms with Crippen LogP contribution in [0.5, 0.6) is 0 Å². The van der Waals surface area contributed by atoms with Crippen LogP contribution < -0.4 is 0 Å². The third kappa shape index (κ3) is 1.62. The standard InChI is InChI=1S/C12H18N2O2/c1-3-10(15)14-8-6-12(9-14)5-4-7-13(2)11(12)16/h3H,1,4-9H2,2H3. The molecule has 2 fully saturated rings. The molecule has 2 rings (SSSR count). The molecule has 2 heterocycles. The van der Waals surface area contributed by atoms with Crippen molar-refractivity contribution in [2.45, 2.75) is 19.3 Å². The maximum Gasteiger partial charge on any atom is 0.245 e. The quantitative estimate of drug-likeness (QED) is 0.611. The van der Waals surface area contributed by atoms with E-state index in [1.807, 2.05) is 7.05 Å². The zero-order valence-corrected chi connectivity index (χ0v) is 9.74. The van der Waals surface area contributed by atoms with Gasteiger partial charge in [-0.1, -0.05) is 6.58 Å². The van der Waals surface area contributed by atoms with Gasteiger partial charge in [0.05, 0.1) is 5.41 Å². The lowest BCUT2D eigenvalue weighted by Crippen LogP contribution is -2.48. The van der Waals surface area contributed by atoms with Gasteiger partial charge in [0.1, 0.15) is 0 Å². The summed E-state index contributed by atoms with van der Waals surface area (Å²) < 4.78 is 0. The van der Waals surface area contributed by atoms with Crippen LogP contribution in [0.1, 0.15) is 19.3 Å². The SMILES string of the molecule is C=CC(=O)N1CCC2(CCCN(C)C2=O)C1. The number of hydrogen-bond acceptors (Lipinski definition) is 2. The zero-order valence-electron chi connectivity index (χ0n) is 9.74. The topological polar surface area (TPSA) is 40.6 Å². The van der Waals surface area contributed by atoms with Crippen molar-refractivity contribution in [1.29, 1.82) is 0 Å². The smallest absolute Gasteiger partial charge is 0.245 e. The van der Waals surface area contributed by atoms with E-state index < -0.39 is 0 Å². The monoisotopic (exact) mass is 222 g/mol. The van der Waals surface area contributed by atoms with Crippen molar-refractivity contribution >= 4 is 11.8 Å². The maximum atomic E-state index is 12.2. The van der Waals surface area contributed by atoms with Gasteiger partial charge in [-0.25, -0.2) is 0 Å². The van der Waals surface area contributed by atoms with Gasteiger partial charge in [0.15, 0.2) is 0 Å². The minimum Gasteiger partial charge on any atom is -0.345 e. The molecule has 0 radical (unpaired) electrons. The van der Waals surface area contributed by atoms with Crippen molar-refractivity contribution in [2.24, 2.45) is 5.41 Å². The van der Waals surface area contributed by atoms with Crippen molar-refractivity contribution in [3.63, 3.8) is 0 Å². The van der Waals surface area contributed by atoms with Crippen LogP contribution in [0, 0.1) is 5.41 Å². The van der Waals surface area contributed by atoms with Gasteiger partial charge < -0.3 is 9.80 Å². The Bertz CT molecular complexity index is 340. The highest BCUT2D eigenvalue weighted by Crippen LogP contribution is 2.39. The highest BCUT2D eigenvalue weighted by atomic mass is 16.2. The zero-order chi connectivity index (χ0) is 11.8. The van der Waals surface area contributed by atoms with Crippen LogP contribution in [0.25, 0.3) is 0 Å². The van der Waals surface area contributed by atoms with Crippen molar-refractivity contribution in [1.82, 2.24) is 9.80 Å². The fraction of sp³-hybridized carbons (Fsp3) is 0.667. The van der Waals surface area contributed by atoms with Crippen LogP contribution in [0.15, 0.2) is 12.7 Å². The Morgan fingerprint density at radius 3 is 2.88 bits per heavy atom. The van der Waals surface area contributed by atoms with Crippen molar-refractivity contribution in [3.8, 4) is 0 Å². The molecule has 2 saturated heterocycles. The van der Waals surface area contributed by atoms with E-state index in [-0.39, 0.29) is 17.2 Å². The molecule has 4 heteroatoms. The Labute approximate surface area is 95.9 Å². The second-order valence-electron chi connectivity index (χ2n) is 4.82. The van der Waals surface area contributed by atoms with Crippen LogP contribution in [-0.4, -0.2) is 48.3 Å². The summed E-state index contributed by atoms with van der Waals surface area (Å²) in [5.74, 6) is 0.149. The summed E-state index contributed by atoms with van der Waals surface area (Å²) in [5, 5.41) is 0. The molecule has 2 aliphatic heterocycles. The highest BCUT2D eigenvalue weighted by molar-refractivity contribution is 5.89. The van der Waals surface area contributed by atoms with E-state index in [0.717, 1.165) is 25.8 Å². The fourth-order valence-corrected chi connectivity index (χ4v) is 2.84. The van der Waals surface area contributed by atoms with E-state index >= 15 is 0 Å². The molecule has 88 valence electrons. The molecule has 2 amide bonds. The number of piperidine rings is 1. The first-order valence-electron chi connectivity index (χ1n) is 5.76. The fourth-order valence-electron chi connectivity index (χ4n) is 2.84. The number of hydrogen-bond donors (Lipinski definition) is 0. The van der Waals surface area contributed by atoms with Gasteiger partial charge in [0.2, 0.25) is 11.8 Å². The molecule has 0 aliphatic carbocycles. The molecule has 0 aromatic rings. The first-order valence-corrected chi connectivity index (χ1v) is 5.76. The van der Waals surface area contributed by atoms with Gasteiger partial charge in [-0.2, -0.15) is 0 Å². The normalized spacial score (nSPS) is 29.9. The van der Waals surface area contributed by atoms with Gasteiger partial charge in [-0.15, -0.1) is 0 Å². The van der Waals surface area contributed by atoms with Crippen LogP contribution in [-0.2, 0) is 9.59 Å². The van der Waals surface area contributed by atoms with Crippen LogP contribution in [0.4, 0.5) is 0 Å². The second kappa shape index (κ2) is 3.92. The molecule has 4 nitrogen and oxygen atoms in total. The first-order chi connectivity index (χ1) is 7.59. The van der Waals surface area contributed by atoms with Crippen molar-refractivity contribution in [3.05, 3.63) is 12.7 Å². The van der Waals surface area contributed by atoms with Gasteiger partial charge in [-0.3, -0.25) is 9.59 Å². The molecule has 1 atom stereocenters. The average molecular weight is 222 g/mol. The third-order valence-corrected chi connectivity index (χ3v) is 3.79. The van der Waals surface area contributed by atoms with Gasteiger partial charge in [0, 0.05) is 26.7 Å². The van der Waals surface area contributed by atoms with E-state index in [0.29, 0.717) is 13.1 Å². The van der Waals surface area contributed by atoms with E-state index in [2.05, 4.69) is 6.58 Å². The lowest BCUT2D eigenvalue weighted by atomic mass is 9.78. The highest BCUT2D eigenvalue weighted by Gasteiger charge is 2.48. The lowest BCUT2D eigenvalue weighted by molar-refractivity contribution is -0.144. The van der Waals surface area contributed by atoms with Crippen LogP contribution in [0.3, 0.4) is 0 Å². The van der Waals surface area contributed by atoms with E-state index in [1.165, 1.54) is 6.08 Å². The molecule has 1 spiro atoms. The molecule has 16 heavy (non-hydrogen) atoms. The predicted molar refractivity (Wildman–Crippen MR) is 60.7 cm³/mol. The Morgan fingerprint density at radius 1 is 1.44 bits per heavy atom. The van der Waals surface area contributed by atoms with Crippen LogP contribution >= 0.6 is 0 Å². The third-order valence-electron chi connectivity index (χ3n) is 3.79. The van der Waals surface area contributed by atoms with E-state index in [4.69, 9.17) is 0 Å². The number of rotatable bonds is 1. The van der Waals surface area contributed by atoms with Crippen LogP contribution in [0.2, 0.25) is 0 Å². The molecule has 2 aliphatic rings. The molecule has 1 unspecified atom stereocenters. The Hall–Kier alpha value is -1.32. The summed E-state index contributed by atoms with van der Waals surface area (Å²) in [4.78, 5) is 27.2. The van der Waals surface area contributed by atoms with Crippen molar-refractivity contribution < 1.29 is 9.59 Å². The van der Waals surface area contributed by atoms with E-state index in [1.54, 1.807) is 9.80 Å². The molecule has 0 aromatic carbocycles. The number of likely N-dealkylation sites (tertiary alicyclic amines) is 2. The molecule has 0 bridgehead atoms. The lowest BCUT2D eigenvalue weighted by Gasteiger charge is -2.37. The summed E-state index contributed by atoms with van der Waals surface area (Å²) in [6.07, 6.45) is 4.08. The summed E-state index contributed by atoms with van der Waals surface area (Å²) in [5.41, 5.74) is -0.300. The molecular formula is C12H18N2O2. The summed E-state index contributed by atoms with van der Waals surface area (Å²) >= 11 is 0. The van der Waals surface area contributed by atoms with Gasteiger partial charge in [0.25, 0.3) is 0 Å². The summed E-state index contributed by atoms with van der Waals surface area (Å²) in [7, 11) is 1.85. The predicted octanol–water partition coefficient (Wildman–Crippen LogP) is 0.643. The van der Waals surface area contributed by atoms with Gasteiger partial charge >= 0.3 is 0 Å². The Kier molecular flexibility index (Phi) is 2.74. The minimum atomic E-state index is -0.300.